The molecule has 0 N–H and O–H groups in total. The number of nitrogens with zero attached hydrogens (tertiary/aromatic N) is 4. The van der Waals surface area contributed by atoms with Crippen LogP contribution in [0.3, 0.4) is 0 Å². The van der Waals surface area contributed by atoms with Crippen molar-refractivity contribution < 1.29 is 9.47 Å². The van der Waals surface area contributed by atoms with E-state index in [4.69, 9.17) is 14.5 Å². The number of azo groups is 1. The van der Waals surface area contributed by atoms with Crippen LogP contribution >= 0.6 is 35.7 Å². The summed E-state index contributed by atoms with van der Waals surface area (Å²) in [6, 6.07) is 32.2. The van der Waals surface area contributed by atoms with Gasteiger partial charge in [-0.05, 0) is 84.5 Å². The number of hydrogen-bond acceptors (Lipinski definition) is 6. The molecule has 4 aromatic rings. The number of thioether (sulfide) groups is 1. The molecule has 8 heteroatoms. The summed E-state index contributed by atoms with van der Waals surface area (Å²) in [5, 5.41) is 9.68. The zero-order valence-electron chi connectivity index (χ0n) is 23.3. The van der Waals surface area contributed by atoms with Crippen LogP contribution in [0.1, 0.15) is 23.6 Å². The minimum atomic E-state index is 0. The van der Waals surface area contributed by atoms with Gasteiger partial charge in [0.25, 0.3) is 0 Å². The van der Waals surface area contributed by atoms with Gasteiger partial charge in [0.15, 0.2) is 5.17 Å². The van der Waals surface area contributed by atoms with Crippen LogP contribution in [0.2, 0.25) is 0 Å². The minimum absolute atomic E-state index is 0. The maximum absolute atomic E-state index is 5.35. The predicted octanol–water partition coefficient (Wildman–Crippen LogP) is 9.49. The molecule has 0 spiro atoms. The van der Waals surface area contributed by atoms with E-state index in [1.165, 1.54) is 16.7 Å². The molecule has 208 valence electrons. The molecule has 0 atom stereocenters. The number of ether oxygens (including phenoxy) is 2. The third-order valence-electron chi connectivity index (χ3n) is 6.00. The smallest absolute Gasteiger partial charge is 0.164 e. The van der Waals surface area contributed by atoms with Crippen molar-refractivity contribution in [2.24, 2.45) is 15.2 Å². The number of methoxy groups -OCH3 is 2. The van der Waals surface area contributed by atoms with Crippen LogP contribution in [0.25, 0.3) is 0 Å². The van der Waals surface area contributed by atoms with Gasteiger partial charge < -0.3 is 14.4 Å². The predicted molar refractivity (Wildman–Crippen MR) is 178 cm³/mol. The molecule has 0 aromatic heterocycles. The summed E-state index contributed by atoms with van der Waals surface area (Å²) in [5.74, 6) is 2.59. The number of aryl methyl sites for hydroxylation is 1. The molecule has 40 heavy (non-hydrogen) atoms. The number of halogens is 1. The molecule has 6 nitrogen and oxygen atoms in total. The van der Waals surface area contributed by atoms with Crippen molar-refractivity contribution >= 4 is 58.0 Å². The average Bonchev–Trinajstić information content (AvgIpc) is 2.98. The molecule has 0 saturated carbocycles. The van der Waals surface area contributed by atoms with Crippen molar-refractivity contribution in [3.8, 4) is 11.5 Å². The monoisotopic (exact) mass is 666 g/mol. The largest absolute Gasteiger partial charge is 0.497 e. The molecule has 0 aliphatic rings. The Labute approximate surface area is 258 Å². The molecular weight excluding hydrogens is 631 g/mol. The van der Waals surface area contributed by atoms with Crippen molar-refractivity contribution in [3.63, 3.8) is 0 Å². The van der Waals surface area contributed by atoms with E-state index >= 15 is 0 Å². The highest BCUT2D eigenvalue weighted by molar-refractivity contribution is 14.0. The Bertz CT molecular complexity index is 1330. The molecule has 0 radical (unpaired) electrons. The fraction of sp³-hybridized carbons (Fsp3) is 0.219. The van der Waals surface area contributed by atoms with Crippen molar-refractivity contribution in [1.82, 2.24) is 4.90 Å². The Morgan fingerprint density at radius 1 is 0.650 bits per heavy atom. The van der Waals surface area contributed by atoms with Crippen LogP contribution in [0.15, 0.2) is 112 Å². The van der Waals surface area contributed by atoms with Crippen LogP contribution in [-0.2, 0) is 13.1 Å². The Kier molecular flexibility index (Phi) is 12.5. The van der Waals surface area contributed by atoms with E-state index in [1.807, 2.05) is 72.8 Å². The molecule has 4 aromatic carbocycles. The molecule has 4 rings (SSSR count). The summed E-state index contributed by atoms with van der Waals surface area (Å²) in [5.41, 5.74) is 6.05. The molecule has 0 aliphatic carbocycles. The topological polar surface area (TPSA) is 58.8 Å². The lowest BCUT2D eigenvalue weighted by molar-refractivity contribution is 0.405. The van der Waals surface area contributed by atoms with Crippen LogP contribution in [0.5, 0.6) is 11.5 Å². The first-order valence-corrected chi connectivity index (χ1v) is 13.9. The zero-order valence-corrected chi connectivity index (χ0v) is 26.4. The lowest BCUT2D eigenvalue weighted by Gasteiger charge is -2.26. The summed E-state index contributed by atoms with van der Waals surface area (Å²) in [4.78, 5) is 7.37. The fourth-order valence-corrected chi connectivity index (χ4v) is 4.59. The van der Waals surface area contributed by atoms with Crippen molar-refractivity contribution in [2.75, 3.05) is 20.0 Å². The Morgan fingerprint density at radius 2 is 1.07 bits per heavy atom. The van der Waals surface area contributed by atoms with Gasteiger partial charge in [0.1, 0.15) is 11.5 Å². The van der Waals surface area contributed by atoms with Crippen LogP contribution < -0.4 is 9.47 Å². The average molecular weight is 667 g/mol. The minimum Gasteiger partial charge on any atom is -0.497 e. The van der Waals surface area contributed by atoms with E-state index < -0.39 is 0 Å². The summed E-state index contributed by atoms with van der Waals surface area (Å²) in [6.07, 6.45) is 0. The Hall–Kier alpha value is -3.37. The van der Waals surface area contributed by atoms with Gasteiger partial charge in [-0.15, -0.1) is 24.0 Å². The molecule has 0 unspecified atom stereocenters. The summed E-state index contributed by atoms with van der Waals surface area (Å²) < 4.78 is 10.7. The summed E-state index contributed by atoms with van der Waals surface area (Å²) >= 11 is 1.73. The number of hydrogen-bond donors (Lipinski definition) is 0. The molecule has 0 fully saturated rings. The molecule has 0 heterocycles. The standard InChI is InChI=1S/C32H34N4O2S.HI/c1-5-39-32(33-27-14-16-29(17-15-27)35-34-28-12-6-24(2)7-13-28)36(22-25-8-18-30(37-3)19-9-25)23-26-10-20-31(38-4)21-11-26;/h6-21H,5,22-23H2,1-4H3;1H. The quantitative estimate of drug-likeness (QED) is 0.0733. The fourth-order valence-electron chi connectivity index (χ4n) is 3.85. The second kappa shape index (κ2) is 16.0. The molecule has 0 bridgehead atoms. The second-order valence-electron chi connectivity index (χ2n) is 8.93. The SMILES string of the molecule is CCSC(=Nc1ccc(N=Nc2ccc(C)cc2)cc1)N(Cc1ccc(OC)cc1)Cc1ccc(OC)cc1.I. The van der Waals surface area contributed by atoms with E-state index in [-0.39, 0.29) is 24.0 Å². The first-order chi connectivity index (χ1) is 19.1. The number of amidine groups is 1. The molecule has 0 amide bonds. The van der Waals surface area contributed by atoms with E-state index in [1.54, 1.807) is 26.0 Å². The van der Waals surface area contributed by atoms with Crippen molar-refractivity contribution in [3.05, 3.63) is 114 Å². The second-order valence-corrected chi connectivity index (χ2v) is 10.2. The maximum atomic E-state index is 5.35. The highest BCUT2D eigenvalue weighted by Crippen LogP contribution is 2.26. The number of benzene rings is 4. The third kappa shape index (κ3) is 9.38. The lowest BCUT2D eigenvalue weighted by atomic mass is 10.1. The van der Waals surface area contributed by atoms with Gasteiger partial charge in [-0.3, -0.25) is 0 Å². The highest BCUT2D eigenvalue weighted by Gasteiger charge is 2.14. The Balaban J connectivity index is 0.00000441. The zero-order chi connectivity index (χ0) is 27.5. The van der Waals surface area contributed by atoms with E-state index in [0.29, 0.717) is 13.1 Å². The van der Waals surface area contributed by atoms with Gasteiger partial charge in [-0.1, -0.05) is 60.6 Å². The van der Waals surface area contributed by atoms with Crippen LogP contribution in [-0.4, -0.2) is 30.0 Å². The maximum Gasteiger partial charge on any atom is 0.164 e. The van der Waals surface area contributed by atoms with Crippen LogP contribution in [0.4, 0.5) is 17.1 Å². The molecule has 0 aliphatic heterocycles. The molecule has 0 saturated heterocycles. The van der Waals surface area contributed by atoms with E-state index in [9.17, 15) is 0 Å². The molecular formula is C32H35IN4O2S. The van der Waals surface area contributed by atoms with Gasteiger partial charge >= 0.3 is 0 Å². The van der Waals surface area contributed by atoms with E-state index in [2.05, 4.69) is 53.2 Å². The number of rotatable bonds is 10. The van der Waals surface area contributed by atoms with Crippen molar-refractivity contribution in [1.29, 1.82) is 0 Å². The van der Waals surface area contributed by atoms with Gasteiger partial charge in [0.05, 0.1) is 31.3 Å². The van der Waals surface area contributed by atoms with Gasteiger partial charge in [-0.25, -0.2) is 4.99 Å². The first kappa shape index (κ1) is 31.2. The lowest BCUT2D eigenvalue weighted by Crippen LogP contribution is -2.28. The van der Waals surface area contributed by atoms with Gasteiger partial charge in [0.2, 0.25) is 0 Å². The van der Waals surface area contributed by atoms with Crippen LogP contribution in [0, 0.1) is 6.92 Å². The summed E-state index contributed by atoms with van der Waals surface area (Å²) in [6.45, 7) is 5.63. The Morgan fingerprint density at radius 3 is 1.50 bits per heavy atom. The van der Waals surface area contributed by atoms with Gasteiger partial charge in [0, 0.05) is 13.1 Å². The number of aliphatic imine (C=N–C) groups is 1. The normalized spacial score (nSPS) is 11.2. The summed E-state index contributed by atoms with van der Waals surface area (Å²) in [7, 11) is 3.37. The van der Waals surface area contributed by atoms with Crippen molar-refractivity contribution in [2.45, 2.75) is 26.9 Å². The van der Waals surface area contributed by atoms with E-state index in [0.717, 1.165) is 39.5 Å². The highest BCUT2D eigenvalue weighted by atomic mass is 127. The third-order valence-corrected chi connectivity index (χ3v) is 6.89. The van der Waals surface area contributed by atoms with Gasteiger partial charge in [-0.2, -0.15) is 10.2 Å². The first-order valence-electron chi connectivity index (χ1n) is 12.9.